The topological polar surface area (TPSA) is 189 Å². The minimum absolute atomic E-state index is 0.265. The van der Waals surface area contributed by atoms with Crippen molar-refractivity contribution in [3.8, 4) is 0 Å². The Labute approximate surface area is 348 Å². The van der Waals surface area contributed by atoms with Crippen LogP contribution in [-0.2, 0) is 14.3 Å². The smallest absolute Gasteiger partial charge is 0.249 e. The Morgan fingerprint density at radius 3 is 1.40 bits per heavy atom. The fourth-order valence-corrected chi connectivity index (χ4v) is 7.86. The SMILES string of the molecule is CCCCCCCCCCCCCCCCCCCC[C@@H](O)C(=O)N[C@@H](CO[C@@H]1O[C@H](CO)[C@@H](O)[C@H](O)[C@H]1O)[C@H](O)[C@H](O)CCCCCCCCCCCC(C)C. The van der Waals surface area contributed by atoms with Crippen LogP contribution in [-0.4, -0.2) is 110 Å². The van der Waals surface area contributed by atoms with Crippen LogP contribution in [0.3, 0.4) is 0 Å². The van der Waals surface area contributed by atoms with Crippen LogP contribution in [0.15, 0.2) is 0 Å². The number of ether oxygens (including phenoxy) is 2. The molecule has 11 heteroatoms. The molecule has 0 spiro atoms. The number of unbranched alkanes of at least 4 members (excludes halogenated alkanes) is 25. The Morgan fingerprint density at radius 2 is 0.982 bits per heavy atom. The van der Waals surface area contributed by atoms with Crippen LogP contribution in [0.2, 0.25) is 0 Å². The average molecular weight is 818 g/mol. The van der Waals surface area contributed by atoms with E-state index in [9.17, 15) is 40.5 Å². The Morgan fingerprint density at radius 1 is 0.579 bits per heavy atom. The molecule has 0 aromatic heterocycles. The van der Waals surface area contributed by atoms with Crippen LogP contribution < -0.4 is 5.32 Å². The monoisotopic (exact) mass is 818 g/mol. The first-order chi connectivity index (χ1) is 27.5. The van der Waals surface area contributed by atoms with Gasteiger partial charge in [-0.1, -0.05) is 201 Å². The molecule has 57 heavy (non-hydrogen) atoms. The zero-order chi connectivity index (χ0) is 42.1. The standard InChI is InChI=1S/C46H91NO10/c1-4-5-6-7-8-9-10-11-12-13-14-15-16-17-20-24-27-30-33-39(50)45(55)47-37(35-56-46-44(54)43(53)42(52)40(34-48)57-46)41(51)38(49)32-29-26-23-21-18-19-22-25-28-31-36(2)3/h36-44,46,48-54H,4-35H2,1-3H3,(H,47,55)/t37-,38+,39+,40+,41-,42+,43-,44+,46+/m0/s1. The molecular formula is C46H91NO10. The molecule has 0 saturated carbocycles. The molecule has 1 rings (SSSR count). The Bertz CT molecular complexity index is 910. The molecule has 0 unspecified atom stereocenters. The van der Waals surface area contributed by atoms with E-state index in [0.717, 1.165) is 44.4 Å². The number of rotatable bonds is 39. The molecule has 0 aromatic rings. The molecule has 1 aliphatic rings. The molecule has 1 aliphatic heterocycles. The van der Waals surface area contributed by atoms with E-state index < -0.39 is 74.2 Å². The third-order valence-electron chi connectivity index (χ3n) is 11.8. The first kappa shape index (κ1) is 54.1. The summed E-state index contributed by atoms with van der Waals surface area (Å²) in [6.07, 6.45) is 23.0. The molecule has 1 fully saturated rings. The minimum atomic E-state index is -1.66. The Balaban J connectivity index is 2.41. The van der Waals surface area contributed by atoms with Gasteiger partial charge in [0.15, 0.2) is 6.29 Å². The van der Waals surface area contributed by atoms with Crippen molar-refractivity contribution >= 4 is 5.91 Å². The molecule has 0 radical (unpaired) electrons. The molecule has 0 bridgehead atoms. The maximum atomic E-state index is 13.1. The molecule has 9 atom stereocenters. The van der Waals surface area contributed by atoms with Gasteiger partial charge in [-0.15, -0.1) is 0 Å². The second-order valence-corrected chi connectivity index (χ2v) is 17.7. The summed E-state index contributed by atoms with van der Waals surface area (Å²) in [5.74, 6) is 0.0695. The lowest BCUT2D eigenvalue weighted by Gasteiger charge is -2.40. The van der Waals surface area contributed by atoms with Gasteiger partial charge in [-0.05, 0) is 18.8 Å². The van der Waals surface area contributed by atoms with E-state index in [4.69, 9.17) is 9.47 Å². The highest BCUT2D eigenvalue weighted by atomic mass is 16.7. The fourth-order valence-electron chi connectivity index (χ4n) is 7.86. The van der Waals surface area contributed by atoms with Gasteiger partial charge in [0, 0.05) is 0 Å². The van der Waals surface area contributed by atoms with Crippen LogP contribution in [0.5, 0.6) is 0 Å². The molecule has 340 valence electrons. The van der Waals surface area contributed by atoms with Crippen LogP contribution in [0.25, 0.3) is 0 Å². The van der Waals surface area contributed by atoms with E-state index in [2.05, 4.69) is 26.1 Å². The molecule has 0 aromatic carbocycles. The largest absolute Gasteiger partial charge is 0.394 e. The molecular weight excluding hydrogens is 727 g/mol. The lowest BCUT2D eigenvalue weighted by atomic mass is 9.98. The fraction of sp³-hybridized carbons (Fsp3) is 0.978. The summed E-state index contributed by atoms with van der Waals surface area (Å²) in [5, 5.41) is 75.6. The first-order valence-corrected chi connectivity index (χ1v) is 23.8. The van der Waals surface area contributed by atoms with Gasteiger partial charge in [0.25, 0.3) is 0 Å². The van der Waals surface area contributed by atoms with E-state index in [1.807, 2.05) is 0 Å². The van der Waals surface area contributed by atoms with Crippen molar-refractivity contribution in [2.45, 2.75) is 268 Å². The van der Waals surface area contributed by atoms with Crippen molar-refractivity contribution in [2.75, 3.05) is 13.2 Å². The van der Waals surface area contributed by atoms with Crippen molar-refractivity contribution < 1.29 is 50.0 Å². The lowest BCUT2D eigenvalue weighted by Crippen LogP contribution is -2.60. The van der Waals surface area contributed by atoms with Crippen molar-refractivity contribution in [3.05, 3.63) is 0 Å². The van der Waals surface area contributed by atoms with Gasteiger partial charge >= 0.3 is 0 Å². The zero-order valence-corrected chi connectivity index (χ0v) is 36.8. The second kappa shape index (κ2) is 35.8. The predicted molar refractivity (Wildman–Crippen MR) is 229 cm³/mol. The quantitative estimate of drug-likeness (QED) is 0.0285. The minimum Gasteiger partial charge on any atom is -0.394 e. The Hall–Kier alpha value is -0.890. The number of aliphatic hydroxyl groups is 7. The third kappa shape index (κ3) is 26.8. The number of aliphatic hydroxyl groups excluding tert-OH is 7. The van der Waals surface area contributed by atoms with Crippen LogP contribution >= 0.6 is 0 Å². The molecule has 0 aliphatic carbocycles. The summed E-state index contributed by atoms with van der Waals surface area (Å²) in [5.41, 5.74) is 0. The number of carbonyl (C=O) groups excluding carboxylic acids is 1. The van der Waals surface area contributed by atoms with Crippen LogP contribution in [0, 0.1) is 5.92 Å². The van der Waals surface area contributed by atoms with Gasteiger partial charge < -0.3 is 50.5 Å². The van der Waals surface area contributed by atoms with Gasteiger partial charge in [0.2, 0.25) is 5.91 Å². The van der Waals surface area contributed by atoms with Gasteiger partial charge in [0.05, 0.1) is 25.4 Å². The van der Waals surface area contributed by atoms with E-state index in [1.54, 1.807) is 0 Å². The van der Waals surface area contributed by atoms with Crippen molar-refractivity contribution in [3.63, 3.8) is 0 Å². The molecule has 1 saturated heterocycles. The second-order valence-electron chi connectivity index (χ2n) is 17.7. The molecule has 1 amide bonds. The summed E-state index contributed by atoms with van der Waals surface area (Å²) in [4.78, 5) is 13.1. The average Bonchev–Trinajstić information content (AvgIpc) is 3.20. The Kier molecular flexibility index (Phi) is 34.0. The zero-order valence-electron chi connectivity index (χ0n) is 36.8. The third-order valence-corrected chi connectivity index (χ3v) is 11.8. The number of amides is 1. The summed E-state index contributed by atoms with van der Waals surface area (Å²) in [6.45, 7) is 5.74. The van der Waals surface area contributed by atoms with E-state index >= 15 is 0 Å². The van der Waals surface area contributed by atoms with E-state index in [1.165, 1.54) is 128 Å². The van der Waals surface area contributed by atoms with E-state index in [-0.39, 0.29) is 6.42 Å². The predicted octanol–water partition coefficient (Wildman–Crippen LogP) is 7.75. The van der Waals surface area contributed by atoms with Crippen molar-refractivity contribution in [1.29, 1.82) is 0 Å². The maximum absolute atomic E-state index is 13.1. The van der Waals surface area contributed by atoms with Crippen LogP contribution in [0.4, 0.5) is 0 Å². The summed E-state index contributed by atoms with van der Waals surface area (Å²) < 4.78 is 11.1. The first-order valence-electron chi connectivity index (χ1n) is 23.8. The molecule has 1 heterocycles. The van der Waals surface area contributed by atoms with Gasteiger partial charge in [-0.25, -0.2) is 0 Å². The normalized spacial score (nSPS) is 22.1. The summed E-state index contributed by atoms with van der Waals surface area (Å²) in [6, 6.07) is -1.16. The van der Waals surface area contributed by atoms with E-state index in [0.29, 0.717) is 19.3 Å². The highest BCUT2D eigenvalue weighted by molar-refractivity contribution is 5.80. The van der Waals surface area contributed by atoms with Crippen molar-refractivity contribution in [2.24, 2.45) is 5.92 Å². The van der Waals surface area contributed by atoms with Gasteiger partial charge in [0.1, 0.15) is 36.6 Å². The maximum Gasteiger partial charge on any atom is 0.249 e. The lowest BCUT2D eigenvalue weighted by molar-refractivity contribution is -0.303. The number of hydrogen-bond donors (Lipinski definition) is 8. The highest BCUT2D eigenvalue weighted by Crippen LogP contribution is 2.23. The summed E-state index contributed by atoms with van der Waals surface area (Å²) >= 11 is 0. The molecule has 11 nitrogen and oxygen atoms in total. The number of hydrogen-bond acceptors (Lipinski definition) is 10. The van der Waals surface area contributed by atoms with Crippen molar-refractivity contribution in [1.82, 2.24) is 5.32 Å². The summed E-state index contributed by atoms with van der Waals surface area (Å²) in [7, 11) is 0. The molecule has 8 N–H and O–H groups in total. The van der Waals surface area contributed by atoms with Gasteiger partial charge in [-0.3, -0.25) is 4.79 Å². The number of carbonyl (C=O) groups is 1. The number of nitrogens with one attached hydrogen (secondary N) is 1. The van der Waals surface area contributed by atoms with Gasteiger partial charge in [-0.2, -0.15) is 0 Å². The highest BCUT2D eigenvalue weighted by Gasteiger charge is 2.44. The van der Waals surface area contributed by atoms with Crippen LogP contribution in [0.1, 0.15) is 213 Å².